The molecule has 17 heavy (non-hydrogen) atoms. The molecule has 0 spiro atoms. The second kappa shape index (κ2) is 5.40. The number of ether oxygens (including phenoxy) is 3. The van der Waals surface area contributed by atoms with Crippen LogP contribution < -0.4 is 9.47 Å². The van der Waals surface area contributed by atoms with Gasteiger partial charge in [0.05, 0.1) is 24.3 Å². The highest BCUT2D eigenvalue weighted by Gasteiger charge is 2.17. The lowest BCUT2D eigenvalue weighted by Gasteiger charge is -2.12. The van der Waals surface area contributed by atoms with Gasteiger partial charge in [0.25, 0.3) is 0 Å². The molecule has 1 aromatic carbocycles. The fraction of sp³-hybridized carbons (Fsp3) is 0.417. The van der Waals surface area contributed by atoms with Gasteiger partial charge < -0.3 is 14.2 Å². The normalized spacial score (nSPS) is 14.0. The molecule has 1 aliphatic heterocycles. The molecule has 5 heteroatoms. The van der Waals surface area contributed by atoms with Gasteiger partial charge >= 0.3 is 0 Å². The first-order valence-electron chi connectivity index (χ1n) is 5.53. The zero-order valence-electron chi connectivity index (χ0n) is 9.59. The first-order chi connectivity index (χ1) is 8.22. The Balaban J connectivity index is 2.35. The molecule has 2 rings (SSSR count). The molecule has 1 aromatic rings. The monoisotopic (exact) mass is 299 g/mol. The van der Waals surface area contributed by atoms with Crippen molar-refractivity contribution in [2.45, 2.75) is 13.3 Å². The molecule has 1 aliphatic rings. The van der Waals surface area contributed by atoms with Crippen LogP contribution in [0.5, 0.6) is 11.5 Å². The highest BCUT2D eigenvalue weighted by atomic mass is 79.9. The van der Waals surface area contributed by atoms with Crippen molar-refractivity contribution in [3.8, 4) is 11.5 Å². The van der Waals surface area contributed by atoms with E-state index in [1.165, 1.54) is 0 Å². The van der Waals surface area contributed by atoms with Crippen LogP contribution in [0.25, 0.3) is 0 Å². The van der Waals surface area contributed by atoms with Gasteiger partial charge in [-0.3, -0.25) is 5.41 Å². The van der Waals surface area contributed by atoms with E-state index in [4.69, 9.17) is 19.6 Å². The summed E-state index contributed by atoms with van der Waals surface area (Å²) < 4.78 is 17.1. The van der Waals surface area contributed by atoms with Gasteiger partial charge in [0.15, 0.2) is 11.5 Å². The second-order valence-electron chi connectivity index (χ2n) is 3.60. The Kier molecular flexibility index (Phi) is 3.89. The van der Waals surface area contributed by atoms with Crippen LogP contribution in [0.1, 0.15) is 18.9 Å². The highest BCUT2D eigenvalue weighted by Crippen LogP contribution is 2.38. The summed E-state index contributed by atoms with van der Waals surface area (Å²) in [5.41, 5.74) is 0.683. The van der Waals surface area contributed by atoms with E-state index >= 15 is 0 Å². The quantitative estimate of drug-likeness (QED) is 0.675. The van der Waals surface area contributed by atoms with E-state index in [1.807, 2.05) is 13.0 Å². The highest BCUT2D eigenvalue weighted by molar-refractivity contribution is 9.10. The Morgan fingerprint density at radius 2 is 2.18 bits per heavy atom. The molecule has 0 bridgehead atoms. The predicted molar refractivity (Wildman–Crippen MR) is 68.2 cm³/mol. The van der Waals surface area contributed by atoms with E-state index in [-0.39, 0.29) is 5.90 Å². The minimum Gasteiger partial charge on any atom is -0.489 e. The molecule has 1 N–H and O–H groups in total. The Bertz CT molecular complexity index is 434. The van der Waals surface area contributed by atoms with Crippen molar-refractivity contribution >= 4 is 21.8 Å². The molecule has 0 fully saturated rings. The summed E-state index contributed by atoms with van der Waals surface area (Å²) in [6, 6.07) is 3.59. The largest absolute Gasteiger partial charge is 0.489 e. The van der Waals surface area contributed by atoms with E-state index in [9.17, 15) is 0 Å². The Labute approximate surface area is 109 Å². The van der Waals surface area contributed by atoms with Gasteiger partial charge in [-0.15, -0.1) is 0 Å². The molecule has 0 unspecified atom stereocenters. The standard InChI is InChI=1S/C12H14BrNO3/c1-2-15-12(14)8-6-9(13)11-10(7-8)16-4-3-5-17-11/h6-7,14H,2-5H2,1H3. The zero-order valence-corrected chi connectivity index (χ0v) is 11.2. The van der Waals surface area contributed by atoms with Crippen LogP contribution in [-0.4, -0.2) is 25.7 Å². The molecular weight excluding hydrogens is 286 g/mol. The van der Waals surface area contributed by atoms with Crippen molar-refractivity contribution in [3.63, 3.8) is 0 Å². The summed E-state index contributed by atoms with van der Waals surface area (Å²) in [6.45, 7) is 3.61. The fourth-order valence-electron chi connectivity index (χ4n) is 1.59. The molecule has 0 atom stereocenters. The molecule has 0 aromatic heterocycles. The van der Waals surface area contributed by atoms with Crippen molar-refractivity contribution in [1.29, 1.82) is 5.41 Å². The van der Waals surface area contributed by atoms with Gasteiger partial charge in [0.1, 0.15) is 0 Å². The lowest BCUT2D eigenvalue weighted by Crippen LogP contribution is -2.05. The number of halogens is 1. The molecular formula is C12H14BrNO3. The second-order valence-corrected chi connectivity index (χ2v) is 4.45. The molecule has 4 nitrogen and oxygen atoms in total. The van der Waals surface area contributed by atoms with Gasteiger partial charge in [-0.1, -0.05) is 0 Å². The van der Waals surface area contributed by atoms with Crippen LogP contribution >= 0.6 is 15.9 Å². The Morgan fingerprint density at radius 1 is 1.41 bits per heavy atom. The number of hydrogen-bond acceptors (Lipinski definition) is 4. The zero-order chi connectivity index (χ0) is 12.3. The maximum atomic E-state index is 7.76. The predicted octanol–water partition coefficient (Wildman–Crippen LogP) is 2.97. The number of hydrogen-bond donors (Lipinski definition) is 1. The number of rotatable bonds is 2. The maximum Gasteiger partial charge on any atom is 0.213 e. The summed E-state index contributed by atoms with van der Waals surface area (Å²) in [4.78, 5) is 0. The first-order valence-corrected chi connectivity index (χ1v) is 6.32. The third kappa shape index (κ3) is 2.72. The summed E-state index contributed by atoms with van der Waals surface area (Å²) in [6.07, 6.45) is 0.860. The Hall–Kier alpha value is -1.23. The fourth-order valence-corrected chi connectivity index (χ4v) is 2.15. The SMILES string of the molecule is CCOC(=N)c1cc(Br)c2c(c1)OCCCO2. The Morgan fingerprint density at radius 3 is 2.94 bits per heavy atom. The minimum atomic E-state index is 0.142. The lowest BCUT2D eigenvalue weighted by atomic mass is 10.2. The summed E-state index contributed by atoms with van der Waals surface area (Å²) in [7, 11) is 0. The van der Waals surface area contributed by atoms with Crippen LogP contribution in [0.3, 0.4) is 0 Å². The van der Waals surface area contributed by atoms with Crippen LogP contribution in [0.2, 0.25) is 0 Å². The number of fused-ring (bicyclic) bond motifs is 1. The van der Waals surface area contributed by atoms with Crippen LogP contribution in [-0.2, 0) is 4.74 Å². The third-order valence-corrected chi connectivity index (χ3v) is 2.94. The van der Waals surface area contributed by atoms with Crippen molar-refractivity contribution in [3.05, 3.63) is 22.2 Å². The van der Waals surface area contributed by atoms with Gasteiger partial charge in [0, 0.05) is 12.0 Å². The average molecular weight is 300 g/mol. The minimum absolute atomic E-state index is 0.142. The lowest BCUT2D eigenvalue weighted by molar-refractivity contribution is 0.296. The molecule has 0 saturated heterocycles. The van der Waals surface area contributed by atoms with Crippen LogP contribution in [0.15, 0.2) is 16.6 Å². The van der Waals surface area contributed by atoms with E-state index in [2.05, 4.69) is 15.9 Å². The van der Waals surface area contributed by atoms with Crippen molar-refractivity contribution in [1.82, 2.24) is 0 Å². The molecule has 1 heterocycles. The van der Waals surface area contributed by atoms with Crippen molar-refractivity contribution in [2.75, 3.05) is 19.8 Å². The van der Waals surface area contributed by atoms with Gasteiger partial charge in [-0.25, -0.2) is 0 Å². The van der Waals surface area contributed by atoms with Crippen molar-refractivity contribution in [2.24, 2.45) is 0 Å². The van der Waals surface area contributed by atoms with E-state index in [0.29, 0.717) is 36.9 Å². The first kappa shape index (κ1) is 12.2. The van der Waals surface area contributed by atoms with Gasteiger partial charge in [-0.05, 0) is 35.0 Å². The van der Waals surface area contributed by atoms with E-state index < -0.39 is 0 Å². The third-order valence-electron chi connectivity index (χ3n) is 2.35. The smallest absolute Gasteiger partial charge is 0.213 e. The summed E-state index contributed by atoms with van der Waals surface area (Å²) in [5, 5.41) is 7.76. The topological polar surface area (TPSA) is 51.5 Å². The maximum absolute atomic E-state index is 7.76. The van der Waals surface area contributed by atoms with E-state index in [0.717, 1.165) is 10.9 Å². The van der Waals surface area contributed by atoms with Gasteiger partial charge in [0.2, 0.25) is 5.90 Å². The molecule has 0 radical (unpaired) electrons. The molecule has 0 saturated carbocycles. The number of benzene rings is 1. The van der Waals surface area contributed by atoms with Crippen LogP contribution in [0, 0.1) is 5.41 Å². The molecule has 92 valence electrons. The van der Waals surface area contributed by atoms with Gasteiger partial charge in [-0.2, -0.15) is 0 Å². The molecule has 0 amide bonds. The number of nitrogens with one attached hydrogen (secondary N) is 1. The average Bonchev–Trinajstić information content (AvgIpc) is 2.54. The molecule has 0 aliphatic carbocycles. The summed E-state index contributed by atoms with van der Waals surface area (Å²) in [5.74, 6) is 1.51. The summed E-state index contributed by atoms with van der Waals surface area (Å²) >= 11 is 3.43. The van der Waals surface area contributed by atoms with Crippen LogP contribution in [0.4, 0.5) is 0 Å². The van der Waals surface area contributed by atoms with E-state index in [1.54, 1.807) is 6.07 Å². The van der Waals surface area contributed by atoms with Crippen molar-refractivity contribution < 1.29 is 14.2 Å².